The zero-order valence-electron chi connectivity index (χ0n) is 19.5. The fourth-order valence-corrected chi connectivity index (χ4v) is 4.29. The van der Waals surface area contributed by atoms with Crippen molar-refractivity contribution in [3.05, 3.63) is 88.1 Å². The highest BCUT2D eigenvalue weighted by atomic mass is 16.6. The van der Waals surface area contributed by atoms with Gasteiger partial charge in [0.05, 0.1) is 10.3 Å². The van der Waals surface area contributed by atoms with Gasteiger partial charge in [0.1, 0.15) is 11.9 Å². The third-order valence-electron chi connectivity index (χ3n) is 6.54. The van der Waals surface area contributed by atoms with Crippen molar-refractivity contribution in [2.75, 3.05) is 5.32 Å². The van der Waals surface area contributed by atoms with Crippen LogP contribution in [0.3, 0.4) is 0 Å². The number of carbonyl (C=O) groups excluding carboxylic acids is 1. The smallest absolute Gasteiger partial charge is 0.287 e. The van der Waals surface area contributed by atoms with Gasteiger partial charge < -0.3 is 10.1 Å². The van der Waals surface area contributed by atoms with E-state index in [2.05, 4.69) is 22.4 Å². The number of carbonyl (C=O) groups is 1. The summed E-state index contributed by atoms with van der Waals surface area (Å²) in [7, 11) is 0. The number of benzene rings is 2. The van der Waals surface area contributed by atoms with E-state index >= 15 is 0 Å². The van der Waals surface area contributed by atoms with Gasteiger partial charge in [0.15, 0.2) is 0 Å². The first kappa shape index (κ1) is 23.4. The first-order valence-electron chi connectivity index (χ1n) is 11.6. The molecule has 176 valence electrons. The van der Waals surface area contributed by atoms with Crippen LogP contribution >= 0.6 is 0 Å². The Labute approximate surface area is 199 Å². The Morgan fingerprint density at radius 3 is 2.26 bits per heavy atom. The van der Waals surface area contributed by atoms with Crippen molar-refractivity contribution in [1.82, 2.24) is 4.98 Å². The van der Waals surface area contributed by atoms with E-state index in [1.54, 1.807) is 12.1 Å². The number of pyridine rings is 1. The Morgan fingerprint density at radius 2 is 1.68 bits per heavy atom. The van der Waals surface area contributed by atoms with Crippen LogP contribution in [0.15, 0.2) is 66.9 Å². The number of amides is 1. The van der Waals surface area contributed by atoms with Gasteiger partial charge in [-0.05, 0) is 68.0 Å². The number of aromatic nitrogens is 1. The third-order valence-corrected chi connectivity index (χ3v) is 6.54. The largest absolute Gasteiger partial charge is 0.439 e. The lowest BCUT2D eigenvalue weighted by Crippen LogP contribution is -2.34. The first-order valence-corrected chi connectivity index (χ1v) is 11.6. The summed E-state index contributed by atoms with van der Waals surface area (Å²) in [6, 6.07) is 18.2. The predicted octanol–water partition coefficient (Wildman–Crippen LogP) is 6.75. The van der Waals surface area contributed by atoms with Crippen molar-refractivity contribution in [2.24, 2.45) is 0 Å². The van der Waals surface area contributed by atoms with E-state index in [1.807, 2.05) is 38.1 Å². The number of hydrogen-bond donors (Lipinski definition) is 1. The van der Waals surface area contributed by atoms with Crippen LogP contribution in [0.2, 0.25) is 0 Å². The lowest BCUT2D eigenvalue weighted by Gasteiger charge is -2.25. The molecule has 0 spiro atoms. The lowest BCUT2D eigenvalue weighted by atomic mass is 9.83. The highest BCUT2D eigenvalue weighted by Crippen LogP contribution is 2.33. The molecule has 1 aliphatic rings. The molecule has 1 N–H and O–H groups in total. The Kier molecular flexibility index (Phi) is 6.91. The van der Waals surface area contributed by atoms with Crippen molar-refractivity contribution in [3.8, 4) is 11.6 Å². The van der Waals surface area contributed by atoms with Gasteiger partial charge in [-0.2, -0.15) is 0 Å². The van der Waals surface area contributed by atoms with Crippen LogP contribution in [-0.2, 0) is 10.2 Å². The van der Waals surface area contributed by atoms with Crippen molar-refractivity contribution in [3.63, 3.8) is 0 Å². The molecule has 0 atom stereocenters. The highest BCUT2D eigenvalue weighted by Gasteiger charge is 2.30. The van der Waals surface area contributed by atoms with Crippen LogP contribution in [0.1, 0.15) is 63.0 Å². The second kappa shape index (κ2) is 10.0. The van der Waals surface area contributed by atoms with Gasteiger partial charge in [-0.1, -0.05) is 43.5 Å². The molecule has 1 aliphatic carbocycles. The minimum absolute atomic E-state index is 0.0939. The topological polar surface area (TPSA) is 94.4 Å². The van der Waals surface area contributed by atoms with E-state index in [0.717, 1.165) is 17.4 Å². The highest BCUT2D eigenvalue weighted by molar-refractivity contribution is 5.98. The van der Waals surface area contributed by atoms with Crippen LogP contribution in [0, 0.1) is 10.1 Å². The van der Waals surface area contributed by atoms with E-state index in [-0.39, 0.29) is 17.5 Å². The van der Waals surface area contributed by atoms with Crippen molar-refractivity contribution >= 4 is 17.3 Å². The fraction of sp³-hybridized carbons (Fsp3) is 0.333. The predicted molar refractivity (Wildman–Crippen MR) is 131 cm³/mol. The summed E-state index contributed by atoms with van der Waals surface area (Å²) in [6.07, 6.45) is 7.58. The Hall–Kier alpha value is -3.74. The van der Waals surface area contributed by atoms with E-state index < -0.39 is 10.3 Å². The van der Waals surface area contributed by atoms with E-state index in [9.17, 15) is 14.9 Å². The number of anilines is 1. The van der Waals surface area contributed by atoms with Crippen molar-refractivity contribution < 1.29 is 14.5 Å². The molecular weight excluding hydrogens is 430 g/mol. The second-order valence-corrected chi connectivity index (χ2v) is 9.27. The molecule has 7 heteroatoms. The third kappa shape index (κ3) is 5.42. The molecule has 0 bridgehead atoms. The van der Waals surface area contributed by atoms with E-state index in [0.29, 0.717) is 11.7 Å². The molecule has 3 aromatic rings. The SMILES string of the molecule is CC(C)(C(=O)Nc1ccc(C2CCCCC2)cc1)c1ccc(Oc2ccc([N+](=O)[O-])cn2)cc1. The maximum atomic E-state index is 13.1. The number of nitro groups is 1. The fourth-order valence-electron chi connectivity index (χ4n) is 4.29. The van der Waals surface area contributed by atoms with Crippen molar-refractivity contribution in [1.29, 1.82) is 0 Å². The quantitative estimate of drug-likeness (QED) is 0.312. The standard InChI is InChI=1S/C27H29N3O4/c1-27(2,26(31)29-22-12-8-20(9-13-22)19-6-4-3-5-7-19)21-10-15-24(16-11-21)34-25-17-14-23(18-28-25)30(32)33/h8-19H,3-7H2,1-2H3,(H,29,31). The Morgan fingerprint density at radius 1 is 1.00 bits per heavy atom. The zero-order chi connectivity index (χ0) is 24.1. The summed E-state index contributed by atoms with van der Waals surface area (Å²) in [5.41, 5.74) is 2.13. The van der Waals surface area contributed by atoms with Crippen LogP contribution in [0.4, 0.5) is 11.4 Å². The average molecular weight is 460 g/mol. The zero-order valence-corrected chi connectivity index (χ0v) is 19.5. The molecule has 1 saturated carbocycles. The summed E-state index contributed by atoms with van der Waals surface area (Å²) >= 11 is 0. The molecule has 0 radical (unpaired) electrons. The van der Waals surface area contributed by atoms with Gasteiger partial charge in [0.25, 0.3) is 5.69 Å². The summed E-state index contributed by atoms with van der Waals surface area (Å²) in [4.78, 5) is 27.3. The summed E-state index contributed by atoms with van der Waals surface area (Å²) in [5.74, 6) is 1.33. The number of nitrogens with one attached hydrogen (secondary N) is 1. The average Bonchev–Trinajstić information content (AvgIpc) is 2.85. The van der Waals surface area contributed by atoms with Crippen molar-refractivity contribution in [2.45, 2.75) is 57.3 Å². The molecule has 0 saturated heterocycles. The molecule has 0 aliphatic heterocycles. The molecule has 1 heterocycles. The molecule has 1 amide bonds. The van der Waals surface area contributed by atoms with Gasteiger partial charge in [-0.25, -0.2) is 4.98 Å². The van der Waals surface area contributed by atoms with Gasteiger partial charge in [0, 0.05) is 17.8 Å². The molecule has 1 fully saturated rings. The molecule has 34 heavy (non-hydrogen) atoms. The summed E-state index contributed by atoms with van der Waals surface area (Å²) in [6.45, 7) is 3.76. The monoisotopic (exact) mass is 459 g/mol. The maximum absolute atomic E-state index is 13.1. The summed E-state index contributed by atoms with van der Waals surface area (Å²) in [5, 5.41) is 13.8. The van der Waals surface area contributed by atoms with Gasteiger partial charge in [-0.3, -0.25) is 14.9 Å². The minimum Gasteiger partial charge on any atom is -0.439 e. The van der Waals surface area contributed by atoms with Crippen LogP contribution in [0.5, 0.6) is 11.6 Å². The van der Waals surface area contributed by atoms with E-state index in [4.69, 9.17) is 4.74 Å². The Balaban J connectivity index is 1.38. The maximum Gasteiger partial charge on any atom is 0.287 e. The lowest BCUT2D eigenvalue weighted by molar-refractivity contribution is -0.385. The molecule has 1 aromatic heterocycles. The van der Waals surface area contributed by atoms with Gasteiger partial charge in [-0.15, -0.1) is 0 Å². The number of hydrogen-bond acceptors (Lipinski definition) is 5. The normalized spacial score (nSPS) is 14.4. The molecule has 2 aromatic carbocycles. The number of ether oxygens (including phenoxy) is 1. The minimum atomic E-state index is -0.758. The van der Waals surface area contributed by atoms with Crippen LogP contribution in [0.25, 0.3) is 0 Å². The summed E-state index contributed by atoms with van der Waals surface area (Å²) < 4.78 is 5.66. The van der Waals surface area contributed by atoms with Gasteiger partial charge in [0.2, 0.25) is 11.8 Å². The second-order valence-electron chi connectivity index (χ2n) is 9.27. The number of rotatable bonds is 7. The Bertz CT molecular complexity index is 1130. The molecule has 0 unspecified atom stereocenters. The first-order chi connectivity index (χ1) is 16.3. The number of nitrogens with zero attached hydrogens (tertiary/aromatic N) is 2. The molecule has 7 nitrogen and oxygen atoms in total. The van der Waals surface area contributed by atoms with E-state index in [1.165, 1.54) is 49.8 Å². The molecule has 4 rings (SSSR count). The molecular formula is C27H29N3O4. The van der Waals surface area contributed by atoms with Crippen LogP contribution < -0.4 is 10.1 Å². The van der Waals surface area contributed by atoms with Gasteiger partial charge >= 0.3 is 0 Å². The van der Waals surface area contributed by atoms with Crippen LogP contribution in [-0.4, -0.2) is 15.8 Å².